The van der Waals surface area contributed by atoms with Gasteiger partial charge in [-0.3, -0.25) is 4.79 Å². The molecule has 0 fully saturated rings. The van der Waals surface area contributed by atoms with Crippen LogP contribution < -0.4 is 19.5 Å². The van der Waals surface area contributed by atoms with E-state index < -0.39 is 0 Å². The summed E-state index contributed by atoms with van der Waals surface area (Å²) in [5.74, 6) is 1.83. The number of hydrogen-bond acceptors (Lipinski definition) is 6. The number of ether oxygens (including phenoxy) is 3. The van der Waals surface area contributed by atoms with Gasteiger partial charge in [-0.05, 0) is 24.3 Å². The van der Waals surface area contributed by atoms with Gasteiger partial charge in [0.05, 0.1) is 33.4 Å². The number of carbonyl (C=O) groups is 1. The second kappa shape index (κ2) is 8.55. The Balaban J connectivity index is 1.71. The number of carbonyl (C=O) groups excluding carboxylic acids is 1. The maximum absolute atomic E-state index is 12.3. The molecule has 1 N–H and O–H groups in total. The molecule has 27 heavy (non-hydrogen) atoms. The van der Waals surface area contributed by atoms with Crippen LogP contribution in [-0.2, 0) is 11.2 Å². The van der Waals surface area contributed by atoms with Crippen molar-refractivity contribution in [1.29, 1.82) is 0 Å². The molecule has 0 aliphatic heterocycles. The number of nitrogens with one attached hydrogen (secondary N) is 1. The Bertz CT molecular complexity index is 939. The average Bonchev–Trinajstić information content (AvgIpc) is 3.16. The Morgan fingerprint density at radius 2 is 1.74 bits per heavy atom. The monoisotopic (exact) mass is 384 g/mol. The van der Waals surface area contributed by atoms with E-state index in [0.717, 1.165) is 16.8 Å². The maximum Gasteiger partial charge on any atom is 0.230 e. The number of para-hydroxylation sites is 1. The first kappa shape index (κ1) is 18.7. The van der Waals surface area contributed by atoms with Gasteiger partial charge in [-0.25, -0.2) is 4.98 Å². The molecule has 0 atom stereocenters. The highest BCUT2D eigenvalue weighted by atomic mass is 32.1. The Hall–Kier alpha value is -3.06. The van der Waals surface area contributed by atoms with E-state index in [1.807, 2.05) is 47.8 Å². The van der Waals surface area contributed by atoms with Crippen LogP contribution in [0, 0.1) is 0 Å². The first-order valence-corrected chi connectivity index (χ1v) is 9.12. The van der Waals surface area contributed by atoms with Crippen molar-refractivity contribution in [3.05, 3.63) is 53.4 Å². The molecule has 3 aromatic rings. The van der Waals surface area contributed by atoms with Gasteiger partial charge in [0.2, 0.25) is 5.91 Å². The van der Waals surface area contributed by atoms with Crippen LogP contribution in [0.3, 0.4) is 0 Å². The molecule has 0 aliphatic rings. The van der Waals surface area contributed by atoms with Crippen molar-refractivity contribution in [1.82, 2.24) is 4.98 Å². The Morgan fingerprint density at radius 3 is 2.48 bits per heavy atom. The molecule has 0 unspecified atom stereocenters. The highest BCUT2D eigenvalue weighted by molar-refractivity contribution is 7.14. The number of rotatable bonds is 7. The molecular formula is C20H20N2O4S. The van der Waals surface area contributed by atoms with Gasteiger partial charge in [-0.15, -0.1) is 11.3 Å². The van der Waals surface area contributed by atoms with Gasteiger partial charge in [-0.2, -0.15) is 0 Å². The minimum absolute atomic E-state index is 0.146. The predicted octanol–water partition coefficient (Wildman–Crippen LogP) is 4.02. The molecule has 140 valence electrons. The normalized spacial score (nSPS) is 10.3. The third-order valence-corrected chi connectivity index (χ3v) is 4.73. The zero-order chi connectivity index (χ0) is 19.2. The summed E-state index contributed by atoms with van der Waals surface area (Å²) in [7, 11) is 4.77. The van der Waals surface area contributed by atoms with Crippen molar-refractivity contribution in [3.63, 3.8) is 0 Å². The number of amides is 1. The second-order valence-corrected chi connectivity index (χ2v) is 6.50. The quantitative estimate of drug-likeness (QED) is 0.666. The second-order valence-electron chi connectivity index (χ2n) is 5.64. The third-order valence-electron chi connectivity index (χ3n) is 3.97. The average molecular weight is 384 g/mol. The Labute approximate surface area is 161 Å². The Kier molecular flexibility index (Phi) is 5.93. The Morgan fingerprint density at radius 1 is 1.00 bits per heavy atom. The molecule has 0 bridgehead atoms. The predicted molar refractivity (Wildman–Crippen MR) is 106 cm³/mol. The molecule has 1 amide bonds. The summed E-state index contributed by atoms with van der Waals surface area (Å²) in [6, 6.07) is 13.0. The summed E-state index contributed by atoms with van der Waals surface area (Å²) in [4.78, 5) is 16.8. The highest BCUT2D eigenvalue weighted by Crippen LogP contribution is 2.33. The topological polar surface area (TPSA) is 69.7 Å². The number of thiazole rings is 1. The van der Waals surface area contributed by atoms with Crippen molar-refractivity contribution in [2.75, 3.05) is 26.6 Å². The van der Waals surface area contributed by atoms with Gasteiger partial charge in [0, 0.05) is 16.5 Å². The van der Waals surface area contributed by atoms with Gasteiger partial charge in [0.15, 0.2) is 16.6 Å². The van der Waals surface area contributed by atoms with Crippen LogP contribution in [0.25, 0.3) is 11.3 Å². The number of anilines is 1. The van der Waals surface area contributed by atoms with Crippen LogP contribution in [0.5, 0.6) is 17.2 Å². The maximum atomic E-state index is 12.3. The molecule has 1 heterocycles. The van der Waals surface area contributed by atoms with E-state index in [2.05, 4.69) is 10.3 Å². The summed E-state index contributed by atoms with van der Waals surface area (Å²) in [5.41, 5.74) is 2.47. The smallest absolute Gasteiger partial charge is 0.230 e. The van der Waals surface area contributed by atoms with Crippen molar-refractivity contribution in [2.45, 2.75) is 6.42 Å². The lowest BCUT2D eigenvalue weighted by Crippen LogP contribution is -2.14. The van der Waals surface area contributed by atoms with E-state index in [0.29, 0.717) is 22.4 Å². The number of hydrogen-bond donors (Lipinski definition) is 1. The van der Waals surface area contributed by atoms with Crippen LogP contribution in [0.4, 0.5) is 5.13 Å². The first-order chi connectivity index (χ1) is 13.1. The summed E-state index contributed by atoms with van der Waals surface area (Å²) >= 11 is 1.37. The molecule has 3 rings (SSSR count). The van der Waals surface area contributed by atoms with Crippen LogP contribution in [0.2, 0.25) is 0 Å². The lowest BCUT2D eigenvalue weighted by atomic mass is 10.1. The summed E-state index contributed by atoms with van der Waals surface area (Å²) in [5, 5.41) is 5.27. The van der Waals surface area contributed by atoms with Crippen molar-refractivity contribution in [2.24, 2.45) is 0 Å². The van der Waals surface area contributed by atoms with Crippen molar-refractivity contribution >= 4 is 22.4 Å². The van der Waals surface area contributed by atoms with E-state index >= 15 is 0 Å². The fourth-order valence-electron chi connectivity index (χ4n) is 2.64. The minimum atomic E-state index is -0.146. The third kappa shape index (κ3) is 4.38. The molecule has 0 spiro atoms. The zero-order valence-electron chi connectivity index (χ0n) is 15.3. The SMILES string of the molecule is COc1ccccc1CC(=O)Nc1nc(-c2ccc(OC)c(OC)c2)cs1. The molecule has 7 heteroatoms. The van der Waals surface area contributed by atoms with E-state index in [1.165, 1.54) is 11.3 Å². The van der Waals surface area contributed by atoms with E-state index in [9.17, 15) is 4.79 Å². The van der Waals surface area contributed by atoms with E-state index in [-0.39, 0.29) is 12.3 Å². The van der Waals surface area contributed by atoms with Crippen LogP contribution in [-0.4, -0.2) is 32.2 Å². The lowest BCUT2D eigenvalue weighted by molar-refractivity contribution is -0.115. The molecule has 0 saturated heterocycles. The van der Waals surface area contributed by atoms with Crippen LogP contribution in [0.15, 0.2) is 47.8 Å². The first-order valence-electron chi connectivity index (χ1n) is 8.24. The minimum Gasteiger partial charge on any atom is -0.496 e. The number of benzene rings is 2. The lowest BCUT2D eigenvalue weighted by Gasteiger charge is -2.08. The molecule has 1 aromatic heterocycles. The molecule has 0 radical (unpaired) electrons. The summed E-state index contributed by atoms with van der Waals surface area (Å²) in [6.07, 6.45) is 0.218. The van der Waals surface area contributed by atoms with E-state index in [1.54, 1.807) is 21.3 Å². The zero-order valence-corrected chi connectivity index (χ0v) is 16.1. The van der Waals surface area contributed by atoms with Gasteiger partial charge in [-0.1, -0.05) is 18.2 Å². The molecule has 0 aliphatic carbocycles. The largest absolute Gasteiger partial charge is 0.496 e. The summed E-state index contributed by atoms with van der Waals surface area (Å²) < 4.78 is 15.9. The molecular weight excluding hydrogens is 364 g/mol. The van der Waals surface area contributed by atoms with Gasteiger partial charge in [0.25, 0.3) is 0 Å². The van der Waals surface area contributed by atoms with Gasteiger partial charge >= 0.3 is 0 Å². The highest BCUT2D eigenvalue weighted by Gasteiger charge is 2.12. The fraction of sp³-hybridized carbons (Fsp3) is 0.200. The fourth-order valence-corrected chi connectivity index (χ4v) is 3.38. The standard InChI is InChI=1S/C20H20N2O4S/c1-24-16-7-5-4-6-14(16)11-19(23)22-20-21-15(12-27-20)13-8-9-17(25-2)18(10-13)26-3/h4-10,12H,11H2,1-3H3,(H,21,22,23). The number of nitrogens with zero attached hydrogens (tertiary/aromatic N) is 1. The summed E-state index contributed by atoms with van der Waals surface area (Å²) in [6.45, 7) is 0. The van der Waals surface area contributed by atoms with Crippen LogP contribution >= 0.6 is 11.3 Å². The van der Waals surface area contributed by atoms with E-state index in [4.69, 9.17) is 14.2 Å². The van der Waals surface area contributed by atoms with Gasteiger partial charge in [0.1, 0.15) is 5.75 Å². The molecule has 2 aromatic carbocycles. The van der Waals surface area contributed by atoms with Crippen molar-refractivity contribution < 1.29 is 19.0 Å². The molecule has 0 saturated carbocycles. The van der Waals surface area contributed by atoms with Gasteiger partial charge < -0.3 is 19.5 Å². The van der Waals surface area contributed by atoms with Crippen molar-refractivity contribution in [3.8, 4) is 28.5 Å². The van der Waals surface area contributed by atoms with Crippen LogP contribution in [0.1, 0.15) is 5.56 Å². The number of methoxy groups -OCH3 is 3. The number of aromatic nitrogens is 1. The molecule has 6 nitrogen and oxygen atoms in total.